The van der Waals surface area contributed by atoms with Gasteiger partial charge in [0.2, 0.25) is 11.8 Å². The summed E-state index contributed by atoms with van der Waals surface area (Å²) in [5, 5.41) is 5.09. The number of nitrogens with two attached hydrogens (primary N) is 2. The third-order valence-corrected chi connectivity index (χ3v) is 1.48. The molecule has 8 nitrogen and oxygen atoms in total. The van der Waals surface area contributed by atoms with Crippen LogP contribution in [0.3, 0.4) is 0 Å². The second kappa shape index (κ2) is 35.4. The summed E-state index contributed by atoms with van der Waals surface area (Å²) in [6.45, 7) is 2.19. The molecule has 156 valence electrons. The van der Waals surface area contributed by atoms with E-state index in [1.807, 2.05) is 0 Å². The van der Waals surface area contributed by atoms with Gasteiger partial charge in [-0.15, -0.1) is 0 Å². The van der Waals surface area contributed by atoms with Crippen molar-refractivity contribution in [3.8, 4) is 0 Å². The first-order chi connectivity index (χ1) is 11.4. The molecule has 0 aliphatic heterocycles. The Morgan fingerprint density at radius 2 is 1.08 bits per heavy atom. The van der Waals surface area contributed by atoms with E-state index in [-0.39, 0.29) is 56.9 Å². The molecule has 0 aromatic heterocycles. The van der Waals surface area contributed by atoms with Crippen molar-refractivity contribution >= 4 is 49.9 Å². The Hall–Kier alpha value is 1.26. The molecule has 14 heteroatoms. The number of methoxy groups -OCH3 is 2. The van der Waals surface area contributed by atoms with Gasteiger partial charge in [0.15, 0.2) is 0 Å². The average Bonchev–Trinajstić information content (AvgIpc) is 2.54. The topological polar surface area (TPSA) is 129 Å². The Bertz CT molecular complexity index is 239. The summed E-state index contributed by atoms with van der Waals surface area (Å²) in [7, 11) is 22.2. The summed E-state index contributed by atoms with van der Waals surface area (Å²) in [5.41, 5.74) is 10.2. The molecule has 0 unspecified atom stereocenters. The molecule has 0 aromatic carbocycles. The van der Waals surface area contributed by atoms with E-state index >= 15 is 0 Å². The first-order valence-corrected chi connectivity index (χ1v) is 14.0. The van der Waals surface area contributed by atoms with E-state index < -0.39 is 0 Å². The van der Waals surface area contributed by atoms with E-state index in [0.717, 1.165) is 0 Å². The number of hydrogen-bond donors (Lipinski definition) is 4. The summed E-state index contributed by atoms with van der Waals surface area (Å²) in [4.78, 5) is 21.0. The van der Waals surface area contributed by atoms with Crippen molar-refractivity contribution in [2.75, 3.05) is 53.6 Å². The van der Waals surface area contributed by atoms with E-state index in [9.17, 15) is 9.59 Å². The zero-order valence-electron chi connectivity index (χ0n) is 13.2. The molecule has 24 heavy (non-hydrogen) atoms. The maximum absolute atomic E-state index is 10.5. The van der Waals surface area contributed by atoms with Crippen molar-refractivity contribution in [2.24, 2.45) is 11.5 Å². The number of carbonyl (C=O) groups is 2. The van der Waals surface area contributed by atoms with Crippen LogP contribution in [-0.2, 0) is 50.9 Å². The number of nitrogens with one attached hydrogen (secondary N) is 2. The summed E-state index contributed by atoms with van der Waals surface area (Å²) >= 11 is -0.211. The number of ether oxygens (including phenoxy) is 2. The van der Waals surface area contributed by atoms with Crippen LogP contribution < -0.4 is 22.1 Å². The quantitative estimate of drug-likeness (QED) is 0.287. The van der Waals surface area contributed by atoms with Gasteiger partial charge in [0.05, 0.1) is 0 Å². The third-order valence-electron chi connectivity index (χ3n) is 1.48. The zero-order valence-corrected chi connectivity index (χ0v) is 19.3. The van der Waals surface area contributed by atoms with Gasteiger partial charge < -0.3 is 31.6 Å². The van der Waals surface area contributed by atoms with Crippen molar-refractivity contribution in [3.63, 3.8) is 0 Å². The Kier molecular flexibility index (Phi) is 48.5. The van der Waals surface area contributed by atoms with Crippen LogP contribution in [0, 0.1) is 0 Å². The van der Waals surface area contributed by atoms with Crippen molar-refractivity contribution < 1.29 is 50.9 Å². The molecule has 0 heterocycles. The molecule has 0 aliphatic carbocycles. The van der Waals surface area contributed by atoms with Crippen LogP contribution in [0.4, 0.5) is 0 Å². The Morgan fingerprint density at radius 1 is 0.833 bits per heavy atom. The maximum atomic E-state index is 10.5. The molecule has 0 saturated carbocycles. The first kappa shape index (κ1) is 32.9. The summed E-state index contributed by atoms with van der Waals surface area (Å²) in [6, 6.07) is 0. The molecular weight excluding hydrogens is 595 g/mol. The van der Waals surface area contributed by atoms with Gasteiger partial charge in [0.1, 0.15) is 13.2 Å². The zero-order chi connectivity index (χ0) is 19.6. The van der Waals surface area contributed by atoms with Crippen molar-refractivity contribution in [2.45, 2.75) is 0 Å². The van der Waals surface area contributed by atoms with E-state index in [0.29, 0.717) is 26.2 Å². The van der Waals surface area contributed by atoms with E-state index in [1.165, 1.54) is 14.2 Å². The third kappa shape index (κ3) is 49.5. The van der Waals surface area contributed by atoms with Crippen molar-refractivity contribution in [1.29, 1.82) is 0 Å². The number of amides is 2. The standard InChI is InChI=1S/2C5H12N2O2.4ClH.2Pd/c2*1-9-4-5(8)7-3-2-6;;;;;;/h2*2-4,6H2,1H3,(H,7,8);4*1H;;/q;;;;;;2*+2/p-4. The summed E-state index contributed by atoms with van der Waals surface area (Å²) < 4.78 is 9.10. The van der Waals surface area contributed by atoms with Crippen LogP contribution in [-0.4, -0.2) is 65.4 Å². The predicted octanol–water partition coefficient (Wildman–Crippen LogP) is 0.168. The summed E-state index contributed by atoms with van der Waals surface area (Å²) in [5.74, 6) is -0.245. The van der Waals surface area contributed by atoms with E-state index in [1.54, 1.807) is 0 Å². The molecule has 0 aliphatic rings. The number of hydrogen-bond acceptors (Lipinski definition) is 6. The second-order valence-electron chi connectivity index (χ2n) is 3.23. The Labute approximate surface area is 175 Å². The van der Waals surface area contributed by atoms with Gasteiger partial charge in [-0.05, 0) is 0 Å². The fourth-order valence-corrected chi connectivity index (χ4v) is 0.787. The predicted molar refractivity (Wildman–Crippen MR) is 91.3 cm³/mol. The van der Waals surface area contributed by atoms with Gasteiger partial charge in [-0.25, -0.2) is 0 Å². The van der Waals surface area contributed by atoms with Crippen LogP contribution in [0.15, 0.2) is 0 Å². The molecule has 0 rings (SSSR count). The van der Waals surface area contributed by atoms with Crippen molar-refractivity contribution in [3.05, 3.63) is 0 Å². The SMILES string of the molecule is COCC(=O)NCCN.COCC(=O)NCCN.[Cl][Pd][Cl].[Cl][Pd][Cl]. The molecule has 0 aromatic rings. The fraction of sp³-hybridized carbons (Fsp3) is 0.800. The fourth-order valence-electron chi connectivity index (χ4n) is 0.787. The average molecular weight is 619 g/mol. The molecule has 0 saturated heterocycles. The van der Waals surface area contributed by atoms with Crippen molar-refractivity contribution in [1.82, 2.24) is 10.6 Å². The number of carbonyl (C=O) groups excluding carboxylic acids is 2. The first-order valence-electron chi connectivity index (χ1n) is 6.01. The second-order valence-corrected chi connectivity index (χ2v) is 7.95. The molecule has 0 fully saturated rings. The van der Waals surface area contributed by atoms with E-state index in [4.69, 9.17) is 49.6 Å². The molecular formula is C10H24Cl4N4O4Pd2. The van der Waals surface area contributed by atoms with Gasteiger partial charge in [0, 0.05) is 40.4 Å². The summed E-state index contributed by atoms with van der Waals surface area (Å²) in [6.07, 6.45) is 0. The van der Waals surface area contributed by atoms with Crippen LogP contribution in [0.1, 0.15) is 0 Å². The van der Waals surface area contributed by atoms with E-state index in [2.05, 4.69) is 20.1 Å². The van der Waals surface area contributed by atoms with Gasteiger partial charge in [-0.2, -0.15) is 0 Å². The molecule has 2 amide bonds. The Morgan fingerprint density at radius 3 is 1.25 bits per heavy atom. The van der Waals surface area contributed by atoms with Crippen LogP contribution in [0.25, 0.3) is 0 Å². The Balaban J connectivity index is -0.000000126. The molecule has 0 radical (unpaired) electrons. The minimum absolute atomic E-state index is 0.106. The van der Waals surface area contributed by atoms with Gasteiger partial charge in [0.25, 0.3) is 0 Å². The van der Waals surface area contributed by atoms with Gasteiger partial charge in [-0.1, -0.05) is 0 Å². The van der Waals surface area contributed by atoms with Gasteiger partial charge >= 0.3 is 70.0 Å². The molecule has 0 bridgehead atoms. The molecule has 0 spiro atoms. The van der Waals surface area contributed by atoms with Gasteiger partial charge in [-0.3, -0.25) is 9.59 Å². The monoisotopic (exact) mass is 616 g/mol. The number of halogens is 4. The van der Waals surface area contributed by atoms with Crippen LogP contribution >= 0.6 is 38.1 Å². The van der Waals surface area contributed by atoms with Crippen LogP contribution in [0.5, 0.6) is 0 Å². The molecule has 6 N–H and O–H groups in total. The minimum atomic E-state index is -0.122. The molecule has 0 atom stereocenters. The van der Waals surface area contributed by atoms with Crippen LogP contribution in [0.2, 0.25) is 0 Å². The normalized spacial score (nSPS) is 8.67. The number of rotatable bonds is 8.